The highest BCUT2D eigenvalue weighted by atomic mass is 35.5. The molecule has 3 aliphatic rings. The molecular weight excluding hydrogens is 1760 g/mol. The first-order valence-electron chi connectivity index (χ1n) is 48.0. The predicted molar refractivity (Wildman–Crippen MR) is 568 cm³/mol. The van der Waals surface area contributed by atoms with Gasteiger partial charge in [0.25, 0.3) is 0 Å². The molecule has 4 unspecified atom stereocenters. The Bertz CT molecular complexity index is 6020. The molecule has 710 valence electrons. The molecule has 23 heteroatoms. The number of nitrogen functional groups attached to an aromatic ring is 4. The summed E-state index contributed by atoms with van der Waals surface area (Å²) in [6.45, 7) is 34.1. The number of carbonyl (C=O) groups is 4. The Kier molecular flexibility index (Phi) is 35.4. The van der Waals surface area contributed by atoms with E-state index in [1.165, 1.54) is 38.9 Å². The van der Waals surface area contributed by atoms with Crippen molar-refractivity contribution in [3.63, 3.8) is 0 Å². The largest absolute Gasteiger partial charge is 0.493 e. The van der Waals surface area contributed by atoms with Crippen molar-refractivity contribution in [3.8, 4) is 5.75 Å². The number of nitrogens with two attached hydrogens (primary N) is 4. The van der Waals surface area contributed by atoms with Gasteiger partial charge in [0.05, 0.1) is 59.7 Å². The number of aryl methyl sites for hydroxylation is 4. The summed E-state index contributed by atoms with van der Waals surface area (Å²) in [6.07, 6.45) is 15.3. The van der Waals surface area contributed by atoms with E-state index in [2.05, 4.69) is 186 Å². The Morgan fingerprint density at radius 1 is 0.393 bits per heavy atom. The van der Waals surface area contributed by atoms with Crippen molar-refractivity contribution < 1.29 is 23.9 Å². The average molecular weight is 1900 g/mol. The van der Waals surface area contributed by atoms with Crippen molar-refractivity contribution in [2.45, 2.75) is 249 Å². The van der Waals surface area contributed by atoms with Gasteiger partial charge in [-0.05, 0) is 288 Å². The maximum Gasteiger partial charge on any atom is 0.326 e. The number of ether oxygens (including phenoxy) is 1. The summed E-state index contributed by atoms with van der Waals surface area (Å²) >= 11 is 25.8. The molecule has 8 amide bonds. The molecule has 2 heterocycles. The molecule has 19 nitrogen and oxygen atoms in total. The first-order chi connectivity index (χ1) is 65.0. The average Bonchev–Trinajstić information content (AvgIpc) is 1.34. The fraction of sp³-hybridized carbons (Fsp3) is 0.348. The minimum atomic E-state index is -0.228. The Hall–Kier alpha value is -12.1. The number of halogens is 4. The molecule has 1 aromatic heterocycles. The van der Waals surface area contributed by atoms with Crippen LogP contribution in [0.25, 0.3) is 0 Å². The van der Waals surface area contributed by atoms with Crippen molar-refractivity contribution in [2.75, 3.05) is 70.4 Å². The summed E-state index contributed by atoms with van der Waals surface area (Å²) < 4.78 is 5.90. The zero-order chi connectivity index (χ0) is 97.2. The summed E-state index contributed by atoms with van der Waals surface area (Å²) in [5, 5.41) is 22.3. The Balaban J connectivity index is 0.000000162. The molecule has 135 heavy (non-hydrogen) atoms. The van der Waals surface area contributed by atoms with Gasteiger partial charge < -0.3 is 48.9 Å². The van der Waals surface area contributed by atoms with Gasteiger partial charge in [-0.1, -0.05) is 260 Å². The first-order valence-corrected chi connectivity index (χ1v) is 49.6. The van der Waals surface area contributed by atoms with Crippen LogP contribution in [-0.4, -0.2) is 40.9 Å². The van der Waals surface area contributed by atoms with Gasteiger partial charge in [-0.3, -0.25) is 24.7 Å². The van der Waals surface area contributed by atoms with E-state index in [0.717, 1.165) is 163 Å². The summed E-state index contributed by atoms with van der Waals surface area (Å²) in [7, 11) is 0. The second-order valence-corrected chi connectivity index (χ2v) is 37.2. The normalized spacial score (nSPS) is 14.1. The van der Waals surface area contributed by atoms with Crippen LogP contribution in [0.2, 0.25) is 20.1 Å². The molecule has 0 spiro atoms. The number of hydrogen-bond acceptors (Lipinski definition) is 10. The molecule has 0 radical (unpaired) electrons. The van der Waals surface area contributed by atoms with E-state index in [1.54, 1.807) is 29.3 Å². The fourth-order valence-electron chi connectivity index (χ4n) is 19.1. The first kappa shape index (κ1) is 102. The molecule has 0 bridgehead atoms. The minimum absolute atomic E-state index is 0.00214. The van der Waals surface area contributed by atoms with Gasteiger partial charge >= 0.3 is 24.1 Å². The second kappa shape index (κ2) is 46.9. The number of benzene rings is 11. The van der Waals surface area contributed by atoms with Crippen LogP contribution in [0.5, 0.6) is 5.75 Å². The number of urea groups is 4. The van der Waals surface area contributed by atoms with Crippen molar-refractivity contribution in [3.05, 3.63) is 327 Å². The molecule has 4 atom stereocenters. The predicted octanol–water partition coefficient (Wildman–Crippen LogP) is 30.0. The van der Waals surface area contributed by atoms with Gasteiger partial charge in [-0.25, -0.2) is 19.2 Å². The smallest absolute Gasteiger partial charge is 0.326 e. The highest BCUT2D eigenvalue weighted by Crippen LogP contribution is 2.47. The summed E-state index contributed by atoms with van der Waals surface area (Å²) in [4.78, 5) is 63.4. The zero-order valence-corrected chi connectivity index (χ0v) is 84.1. The van der Waals surface area contributed by atoms with Crippen molar-refractivity contribution >= 4 is 139 Å². The lowest BCUT2D eigenvalue weighted by Gasteiger charge is -2.36. The van der Waals surface area contributed by atoms with Crippen LogP contribution in [0.1, 0.15) is 279 Å². The minimum Gasteiger partial charge on any atom is -0.493 e. The Labute approximate surface area is 819 Å². The lowest BCUT2D eigenvalue weighted by atomic mass is 9.97. The SMILES string of the molecule is CCc1c(N)cc(Cl)c(CC)c1NC(=O)N(c1ccc(C(C)C)cc1)C1CCOc2ccccc21.CCc1c(N)cc(Cl)c(CC)c1NC(=O)N(c1ccc(C(C)C)cc1)C1CCc2cc(Cl)ccc21.CCc1ccc(N(C(=O)Nc2c(CC)c(N)cc(Cl)c2CC)C(CC)c2cn[nH]c2)cc1.CCc1ccc(N)c(CC)c1NC(=O)N(c1ccc(C(C)C)cc1)C1CCc2ccccc21. The molecule has 1 aliphatic heterocycles. The van der Waals surface area contributed by atoms with E-state index in [-0.39, 0.29) is 48.3 Å². The molecular formula is C112H134Cl4N14O5. The molecule has 12 aromatic rings. The van der Waals surface area contributed by atoms with E-state index in [4.69, 9.17) is 74.1 Å². The van der Waals surface area contributed by atoms with Gasteiger partial charge in [0.15, 0.2) is 0 Å². The van der Waals surface area contributed by atoms with Gasteiger partial charge in [0.1, 0.15) is 5.75 Å². The van der Waals surface area contributed by atoms with E-state index < -0.39 is 0 Å². The van der Waals surface area contributed by atoms with Crippen LogP contribution in [0.4, 0.5) is 87.4 Å². The molecule has 0 fully saturated rings. The van der Waals surface area contributed by atoms with Gasteiger partial charge in [0, 0.05) is 89.3 Å². The van der Waals surface area contributed by atoms with Gasteiger partial charge in [0.2, 0.25) is 0 Å². The number of nitrogens with zero attached hydrogens (tertiary/aromatic N) is 5. The Morgan fingerprint density at radius 3 is 1.20 bits per heavy atom. The molecule has 2 aliphatic carbocycles. The number of nitrogens with one attached hydrogen (secondary N) is 5. The lowest BCUT2D eigenvalue weighted by molar-refractivity contribution is 0.243. The number of H-pyrrole nitrogens is 1. The lowest BCUT2D eigenvalue weighted by Crippen LogP contribution is -2.40. The highest BCUT2D eigenvalue weighted by molar-refractivity contribution is 6.33. The maximum absolute atomic E-state index is 14.1. The summed E-state index contributed by atoms with van der Waals surface area (Å²) in [5.41, 5.74) is 53.4. The molecule has 11 aromatic carbocycles. The van der Waals surface area contributed by atoms with Crippen LogP contribution >= 0.6 is 46.4 Å². The number of aromatic nitrogens is 2. The van der Waals surface area contributed by atoms with E-state index in [9.17, 15) is 19.2 Å². The highest BCUT2D eigenvalue weighted by Gasteiger charge is 2.38. The molecule has 13 N–H and O–H groups in total. The monoisotopic (exact) mass is 1890 g/mol. The maximum atomic E-state index is 14.1. The van der Waals surface area contributed by atoms with Crippen LogP contribution in [-0.2, 0) is 70.6 Å². The van der Waals surface area contributed by atoms with E-state index in [1.807, 2.05) is 153 Å². The molecule has 0 saturated carbocycles. The van der Waals surface area contributed by atoms with Crippen LogP contribution in [0, 0.1) is 0 Å². The van der Waals surface area contributed by atoms with Crippen molar-refractivity contribution in [1.29, 1.82) is 0 Å². The van der Waals surface area contributed by atoms with E-state index >= 15 is 0 Å². The third kappa shape index (κ3) is 23.2. The zero-order valence-electron chi connectivity index (χ0n) is 81.1. The summed E-state index contributed by atoms with van der Waals surface area (Å²) in [6, 6.07) is 63.6. The number of aromatic amines is 1. The number of para-hydroxylation sites is 1. The van der Waals surface area contributed by atoms with Crippen LogP contribution < -0.4 is 68.5 Å². The fourth-order valence-corrected chi connectivity index (χ4v) is 20.3. The van der Waals surface area contributed by atoms with Crippen molar-refractivity contribution in [2.24, 2.45) is 0 Å². The number of fused-ring (bicyclic) bond motifs is 3. The van der Waals surface area contributed by atoms with Crippen molar-refractivity contribution in [1.82, 2.24) is 10.2 Å². The molecule has 0 saturated heterocycles. The number of anilines is 12. The third-order valence-corrected chi connectivity index (χ3v) is 27.8. The number of rotatable bonds is 26. The standard InChI is InChI=1S/C29H33Cl2N3O.C29H34ClN3O2.C29H35N3O.C25H32ClN5O/c1-5-22-25(31)16-26(32)23(6-2)28(22)33-29(35)34(21-11-7-18(8-12-21)17(3)4)27-14-9-19-15-20(30)10-13-24(19)27;1-5-21-24(30)17-25(31)22(6-2)28(21)32-29(34)33(20-13-11-19(12-14-20)18(3)4)26-15-16-35-27-10-8-7-9-23(26)27;1-5-20-13-17-26(30)24(6-2)28(20)31-29(33)32(23-15-11-21(12-16-23)19(3)4)27-18-14-22-9-7-8-10-25(22)27;1-5-16-9-11-18(12-10-16)31(23(8-4)17-14-28-29-15-17)25(32)30-24-19(6-2)21(26)13-22(27)20(24)7-3/h7-8,10-13,15-17,27H,5-6,9,14,32H2,1-4H3,(H,33,35);7-14,17-18,26H,5-6,15-16,31H2,1-4H3,(H,32,34);7-13,15-17,19,27H,5-6,14,18,30H2,1-4H3,(H,31,33);9-15,23H,5-8,27H2,1-4H3,(H,28,29)(H,30,32). The number of carbonyl (C=O) groups excluding carboxylic acids is 4. The van der Waals surface area contributed by atoms with Crippen LogP contribution in [0.15, 0.2) is 207 Å². The van der Waals surface area contributed by atoms with Gasteiger partial charge in [-0.2, -0.15) is 5.10 Å². The summed E-state index contributed by atoms with van der Waals surface area (Å²) in [5.74, 6) is 2.08. The molecule has 15 rings (SSSR count). The quantitative estimate of drug-likeness (QED) is 0.0231. The van der Waals surface area contributed by atoms with Gasteiger partial charge in [-0.15, -0.1) is 0 Å². The van der Waals surface area contributed by atoms with Crippen LogP contribution in [0.3, 0.4) is 0 Å². The number of hydrogen-bond donors (Lipinski definition) is 9. The second-order valence-electron chi connectivity index (χ2n) is 35.6. The van der Waals surface area contributed by atoms with E-state index in [0.29, 0.717) is 113 Å². The number of amides is 8. The topological polar surface area (TPSA) is 271 Å². The third-order valence-electron chi connectivity index (χ3n) is 26.5. The Morgan fingerprint density at radius 2 is 0.785 bits per heavy atom.